The van der Waals surface area contributed by atoms with E-state index in [2.05, 4.69) is 4.98 Å². The minimum absolute atomic E-state index is 0.106. The van der Waals surface area contributed by atoms with Gasteiger partial charge < -0.3 is 9.84 Å². The normalized spacial score (nSPS) is 10.5. The van der Waals surface area contributed by atoms with Crippen LogP contribution in [0.3, 0.4) is 0 Å². The van der Waals surface area contributed by atoms with E-state index in [0.717, 1.165) is 17.8 Å². The van der Waals surface area contributed by atoms with Crippen molar-refractivity contribution in [1.82, 2.24) is 4.98 Å². The van der Waals surface area contributed by atoms with E-state index >= 15 is 0 Å². The quantitative estimate of drug-likeness (QED) is 0.923. The Morgan fingerprint density at radius 1 is 1.21 bits per heavy atom. The zero-order valence-electron chi connectivity index (χ0n) is 10.4. The number of hydrogen-bond acceptors (Lipinski definition) is 3. The summed E-state index contributed by atoms with van der Waals surface area (Å²) in [5.74, 6) is -1.40. The zero-order chi connectivity index (χ0) is 13.8. The predicted octanol–water partition coefficient (Wildman–Crippen LogP) is 3.21. The van der Waals surface area contributed by atoms with Crippen LogP contribution < -0.4 is 4.74 Å². The number of aliphatic hydroxyl groups is 1. The molecule has 2 rings (SSSR count). The lowest BCUT2D eigenvalue weighted by atomic mass is 10.2. The summed E-state index contributed by atoms with van der Waals surface area (Å²) >= 11 is 0. The molecule has 1 aromatic carbocycles. The van der Waals surface area contributed by atoms with Crippen molar-refractivity contribution in [3.8, 4) is 11.6 Å². The van der Waals surface area contributed by atoms with Gasteiger partial charge in [0.2, 0.25) is 5.88 Å². The van der Waals surface area contributed by atoms with Crippen LogP contribution in [0.2, 0.25) is 0 Å². The molecule has 100 valence electrons. The van der Waals surface area contributed by atoms with Crippen molar-refractivity contribution >= 4 is 0 Å². The number of aromatic nitrogens is 1. The number of benzene rings is 1. The Morgan fingerprint density at radius 2 is 2.00 bits per heavy atom. The Balaban J connectivity index is 2.31. The number of pyridine rings is 1. The number of rotatable bonds is 4. The summed E-state index contributed by atoms with van der Waals surface area (Å²) in [6, 6.07) is 6.31. The number of aryl methyl sites for hydroxylation is 1. The molecular weight excluding hydrogens is 252 g/mol. The first-order valence-corrected chi connectivity index (χ1v) is 5.86. The molecule has 0 amide bonds. The van der Waals surface area contributed by atoms with Crippen LogP contribution in [0.1, 0.15) is 18.2 Å². The SMILES string of the molecule is CCc1cc(CO)cc(Oc2ccc(F)cc2F)n1. The molecule has 3 nitrogen and oxygen atoms in total. The maximum Gasteiger partial charge on any atom is 0.219 e. The molecule has 2 aromatic rings. The van der Waals surface area contributed by atoms with Crippen molar-refractivity contribution in [2.24, 2.45) is 0 Å². The largest absolute Gasteiger partial charge is 0.436 e. The van der Waals surface area contributed by atoms with Gasteiger partial charge in [0.25, 0.3) is 0 Å². The fraction of sp³-hybridized carbons (Fsp3) is 0.214. The number of hydrogen-bond donors (Lipinski definition) is 1. The summed E-state index contributed by atoms with van der Waals surface area (Å²) < 4.78 is 31.5. The lowest BCUT2D eigenvalue weighted by Gasteiger charge is -2.09. The molecule has 0 atom stereocenters. The third-order valence-electron chi connectivity index (χ3n) is 2.57. The van der Waals surface area contributed by atoms with E-state index in [1.165, 1.54) is 12.1 Å². The van der Waals surface area contributed by atoms with Gasteiger partial charge in [-0.25, -0.2) is 13.8 Å². The number of halogens is 2. The first-order valence-electron chi connectivity index (χ1n) is 5.86. The number of ether oxygens (including phenoxy) is 1. The highest BCUT2D eigenvalue weighted by Crippen LogP contribution is 2.24. The van der Waals surface area contributed by atoms with E-state index in [-0.39, 0.29) is 18.2 Å². The molecule has 1 heterocycles. The molecular formula is C14H13F2NO2. The molecule has 0 unspecified atom stereocenters. The van der Waals surface area contributed by atoms with Gasteiger partial charge in [-0.05, 0) is 30.2 Å². The third-order valence-corrected chi connectivity index (χ3v) is 2.57. The number of aliphatic hydroxyl groups excluding tert-OH is 1. The fourth-order valence-corrected chi connectivity index (χ4v) is 1.62. The molecule has 0 aliphatic rings. The van der Waals surface area contributed by atoms with Crippen LogP contribution in [-0.2, 0) is 13.0 Å². The summed E-state index contributed by atoms with van der Waals surface area (Å²) in [5.41, 5.74) is 1.36. The Kier molecular flexibility index (Phi) is 4.06. The van der Waals surface area contributed by atoms with Crippen LogP contribution >= 0.6 is 0 Å². The highest BCUT2D eigenvalue weighted by atomic mass is 19.1. The molecule has 0 fully saturated rings. The van der Waals surface area contributed by atoms with E-state index in [1.807, 2.05) is 6.92 Å². The highest BCUT2D eigenvalue weighted by Gasteiger charge is 2.08. The van der Waals surface area contributed by atoms with E-state index in [0.29, 0.717) is 12.0 Å². The Labute approximate surface area is 109 Å². The zero-order valence-corrected chi connectivity index (χ0v) is 10.4. The Bertz CT molecular complexity index is 565. The molecule has 1 aromatic heterocycles. The molecule has 0 aliphatic heterocycles. The second-order valence-electron chi connectivity index (χ2n) is 3.99. The number of nitrogens with zero attached hydrogens (tertiary/aromatic N) is 1. The maximum absolute atomic E-state index is 13.5. The van der Waals surface area contributed by atoms with Gasteiger partial charge in [0.05, 0.1) is 6.61 Å². The van der Waals surface area contributed by atoms with E-state index in [4.69, 9.17) is 9.84 Å². The topological polar surface area (TPSA) is 42.4 Å². The standard InChI is InChI=1S/C14H13F2NO2/c1-2-11-5-9(8-18)6-14(17-11)19-13-4-3-10(15)7-12(13)16/h3-7,18H,2,8H2,1H3. The first kappa shape index (κ1) is 13.4. The second-order valence-corrected chi connectivity index (χ2v) is 3.99. The van der Waals surface area contributed by atoms with Crippen molar-refractivity contribution in [2.75, 3.05) is 0 Å². The summed E-state index contributed by atoms with van der Waals surface area (Å²) in [6.07, 6.45) is 0.663. The maximum atomic E-state index is 13.5. The van der Waals surface area contributed by atoms with Gasteiger partial charge in [0, 0.05) is 17.8 Å². The van der Waals surface area contributed by atoms with Crippen molar-refractivity contribution < 1.29 is 18.6 Å². The van der Waals surface area contributed by atoms with Gasteiger partial charge >= 0.3 is 0 Å². The van der Waals surface area contributed by atoms with Gasteiger partial charge in [0.1, 0.15) is 5.82 Å². The van der Waals surface area contributed by atoms with Gasteiger partial charge in [-0.2, -0.15) is 0 Å². The van der Waals surface area contributed by atoms with Crippen LogP contribution in [0.5, 0.6) is 11.6 Å². The van der Waals surface area contributed by atoms with Crippen LogP contribution in [0, 0.1) is 11.6 Å². The molecule has 0 aliphatic carbocycles. The minimum atomic E-state index is -0.797. The molecule has 19 heavy (non-hydrogen) atoms. The van der Waals surface area contributed by atoms with Gasteiger partial charge in [-0.1, -0.05) is 6.92 Å². The summed E-state index contributed by atoms with van der Waals surface area (Å²) in [4.78, 5) is 4.16. The molecule has 0 saturated heterocycles. The summed E-state index contributed by atoms with van der Waals surface area (Å²) in [6.45, 7) is 1.75. The fourth-order valence-electron chi connectivity index (χ4n) is 1.62. The van der Waals surface area contributed by atoms with Crippen molar-refractivity contribution in [3.63, 3.8) is 0 Å². The van der Waals surface area contributed by atoms with Gasteiger partial charge in [-0.15, -0.1) is 0 Å². The second kappa shape index (κ2) is 5.75. The average molecular weight is 265 g/mol. The average Bonchev–Trinajstić information content (AvgIpc) is 2.41. The van der Waals surface area contributed by atoms with Crippen LogP contribution in [-0.4, -0.2) is 10.1 Å². The highest BCUT2D eigenvalue weighted by molar-refractivity contribution is 5.32. The van der Waals surface area contributed by atoms with Gasteiger partial charge in [0.15, 0.2) is 11.6 Å². The summed E-state index contributed by atoms with van der Waals surface area (Å²) in [7, 11) is 0. The molecule has 0 bridgehead atoms. The molecule has 0 saturated carbocycles. The Morgan fingerprint density at radius 3 is 2.63 bits per heavy atom. The van der Waals surface area contributed by atoms with Crippen LogP contribution in [0.15, 0.2) is 30.3 Å². The predicted molar refractivity (Wildman–Crippen MR) is 66.0 cm³/mol. The minimum Gasteiger partial charge on any atom is -0.436 e. The molecule has 1 N–H and O–H groups in total. The smallest absolute Gasteiger partial charge is 0.219 e. The van der Waals surface area contributed by atoms with Crippen LogP contribution in [0.25, 0.3) is 0 Å². The third kappa shape index (κ3) is 3.26. The monoisotopic (exact) mass is 265 g/mol. The van der Waals surface area contributed by atoms with Crippen molar-refractivity contribution in [3.05, 3.63) is 53.2 Å². The molecule has 0 radical (unpaired) electrons. The van der Waals surface area contributed by atoms with E-state index in [9.17, 15) is 8.78 Å². The van der Waals surface area contributed by atoms with Crippen molar-refractivity contribution in [1.29, 1.82) is 0 Å². The lowest BCUT2D eigenvalue weighted by Crippen LogP contribution is -1.97. The van der Waals surface area contributed by atoms with Crippen LogP contribution in [0.4, 0.5) is 8.78 Å². The molecule has 0 spiro atoms. The first-order chi connectivity index (χ1) is 9.12. The lowest BCUT2D eigenvalue weighted by molar-refractivity contribution is 0.280. The molecule has 5 heteroatoms. The summed E-state index contributed by atoms with van der Waals surface area (Å²) in [5, 5.41) is 9.13. The van der Waals surface area contributed by atoms with Crippen molar-refractivity contribution in [2.45, 2.75) is 20.0 Å². The van der Waals surface area contributed by atoms with E-state index in [1.54, 1.807) is 6.07 Å². The van der Waals surface area contributed by atoms with Gasteiger partial charge in [-0.3, -0.25) is 0 Å². The van der Waals surface area contributed by atoms with E-state index < -0.39 is 11.6 Å². The Hall–Kier alpha value is -2.01.